The number of nitrogens with zero attached hydrogens (tertiary/aromatic N) is 5. The summed E-state index contributed by atoms with van der Waals surface area (Å²) in [7, 11) is 0. The molecule has 4 aromatic rings. The van der Waals surface area contributed by atoms with Gasteiger partial charge in [-0.05, 0) is 18.9 Å². The molecule has 1 saturated heterocycles. The zero-order valence-corrected chi connectivity index (χ0v) is 17.8. The number of aromatic amines is 1. The van der Waals surface area contributed by atoms with Gasteiger partial charge in [-0.1, -0.05) is 5.21 Å². The number of piperidine rings is 1. The summed E-state index contributed by atoms with van der Waals surface area (Å²) in [5.74, 6) is -2.94. The van der Waals surface area contributed by atoms with E-state index in [1.54, 1.807) is 0 Å². The number of hydrogen-bond donors (Lipinski definition) is 2. The number of carbonyl (C=O) groups excluding carboxylic acids is 1. The van der Waals surface area contributed by atoms with Crippen molar-refractivity contribution in [2.24, 2.45) is 0 Å². The van der Waals surface area contributed by atoms with Crippen LogP contribution >= 0.6 is 11.6 Å². The van der Waals surface area contributed by atoms with Crippen LogP contribution in [-0.4, -0.2) is 49.3 Å². The van der Waals surface area contributed by atoms with Gasteiger partial charge in [-0.2, -0.15) is 0 Å². The van der Waals surface area contributed by atoms with E-state index < -0.39 is 23.4 Å². The molecule has 0 radical (unpaired) electrons. The highest BCUT2D eigenvalue weighted by Gasteiger charge is 2.22. The Bertz CT molecular complexity index is 1350. The van der Waals surface area contributed by atoms with Crippen molar-refractivity contribution >= 4 is 39.9 Å². The molecule has 0 unspecified atom stereocenters. The molecule has 1 fully saturated rings. The lowest BCUT2D eigenvalue weighted by atomic mass is 10.1. The minimum Gasteiger partial charge on any atom is -0.359 e. The number of carbonyl (C=O) groups is 1. The standard InChI is InChI=1S/C21H17ClF3N7O/c22-11-1-3-31(4-2-11)20-16(25)5-12(8-27-20)32-10-19(29-30-32)21(33)28-18-9-26-17-7-15(24)14(23)6-13(17)18/h5-11,26H,1-4H2,(H,28,33). The second-order valence-electron chi connectivity index (χ2n) is 7.68. The molecule has 0 aliphatic carbocycles. The number of anilines is 2. The normalized spacial score (nSPS) is 14.7. The molecule has 1 aliphatic rings. The average molecular weight is 476 g/mol. The maximum atomic E-state index is 14.7. The highest BCUT2D eigenvalue weighted by atomic mass is 35.5. The maximum absolute atomic E-state index is 14.7. The molecule has 0 bridgehead atoms. The number of halogens is 4. The maximum Gasteiger partial charge on any atom is 0.277 e. The highest BCUT2D eigenvalue weighted by molar-refractivity contribution is 6.20. The molecular formula is C21H17ClF3N7O. The molecule has 12 heteroatoms. The third-order valence-corrected chi connectivity index (χ3v) is 5.93. The molecule has 5 rings (SSSR count). The quantitative estimate of drug-likeness (QED) is 0.435. The van der Waals surface area contributed by atoms with Gasteiger partial charge in [0, 0.05) is 42.2 Å². The Morgan fingerprint density at radius 2 is 1.88 bits per heavy atom. The third kappa shape index (κ3) is 4.11. The van der Waals surface area contributed by atoms with Crippen molar-refractivity contribution in [1.29, 1.82) is 0 Å². The molecule has 1 aliphatic heterocycles. The molecule has 0 spiro atoms. The van der Waals surface area contributed by atoms with Crippen molar-refractivity contribution in [3.63, 3.8) is 0 Å². The van der Waals surface area contributed by atoms with E-state index in [4.69, 9.17) is 11.6 Å². The number of aromatic nitrogens is 5. The van der Waals surface area contributed by atoms with Gasteiger partial charge in [0.15, 0.2) is 29.0 Å². The number of fused-ring (bicyclic) bond motifs is 1. The summed E-state index contributed by atoms with van der Waals surface area (Å²) in [6.07, 6.45) is 5.68. The third-order valence-electron chi connectivity index (χ3n) is 5.49. The number of amides is 1. The van der Waals surface area contributed by atoms with Gasteiger partial charge >= 0.3 is 0 Å². The van der Waals surface area contributed by atoms with Crippen molar-refractivity contribution in [1.82, 2.24) is 25.0 Å². The molecule has 8 nitrogen and oxygen atoms in total. The fourth-order valence-electron chi connectivity index (χ4n) is 3.74. The van der Waals surface area contributed by atoms with Crippen molar-refractivity contribution in [3.05, 3.63) is 59.9 Å². The van der Waals surface area contributed by atoms with Gasteiger partial charge in [-0.15, -0.1) is 16.7 Å². The largest absolute Gasteiger partial charge is 0.359 e. The van der Waals surface area contributed by atoms with Crippen LogP contribution in [0.3, 0.4) is 0 Å². The Morgan fingerprint density at radius 1 is 1.12 bits per heavy atom. The topological polar surface area (TPSA) is 91.7 Å². The summed E-state index contributed by atoms with van der Waals surface area (Å²) in [5, 5.41) is 10.7. The molecule has 170 valence electrons. The number of H-pyrrole nitrogens is 1. The predicted molar refractivity (Wildman–Crippen MR) is 116 cm³/mol. The van der Waals surface area contributed by atoms with E-state index in [9.17, 15) is 18.0 Å². The predicted octanol–water partition coefficient (Wildman–Crippen LogP) is 4.02. The number of hydrogen-bond acceptors (Lipinski definition) is 5. The Hall–Kier alpha value is -3.60. The van der Waals surface area contributed by atoms with Gasteiger partial charge in [-0.25, -0.2) is 22.8 Å². The Kier molecular flexibility index (Phi) is 5.41. The van der Waals surface area contributed by atoms with Crippen LogP contribution in [0, 0.1) is 17.5 Å². The van der Waals surface area contributed by atoms with Crippen LogP contribution < -0.4 is 10.2 Å². The summed E-state index contributed by atoms with van der Waals surface area (Å²) in [5.41, 5.74) is 0.811. The van der Waals surface area contributed by atoms with Crippen LogP contribution in [0.1, 0.15) is 23.3 Å². The lowest BCUT2D eigenvalue weighted by Crippen LogP contribution is -2.35. The van der Waals surface area contributed by atoms with Crippen LogP contribution in [0.4, 0.5) is 24.7 Å². The van der Waals surface area contributed by atoms with E-state index in [2.05, 4.69) is 25.6 Å². The second-order valence-corrected chi connectivity index (χ2v) is 8.29. The number of pyridine rings is 1. The van der Waals surface area contributed by atoms with Crippen LogP contribution in [0.5, 0.6) is 0 Å². The van der Waals surface area contributed by atoms with E-state index in [0.29, 0.717) is 29.7 Å². The SMILES string of the molecule is O=C(Nc1c[nH]c2cc(F)c(F)cc12)c1cn(-c2cnc(N3CCC(Cl)CC3)c(F)c2)nn1. The lowest BCUT2D eigenvalue weighted by molar-refractivity contribution is 0.102. The zero-order chi connectivity index (χ0) is 23.1. The van der Waals surface area contributed by atoms with Crippen LogP contribution in [0.15, 0.2) is 36.8 Å². The van der Waals surface area contributed by atoms with Crippen LogP contribution in [-0.2, 0) is 0 Å². The van der Waals surface area contributed by atoms with Crippen molar-refractivity contribution < 1.29 is 18.0 Å². The number of benzene rings is 1. The lowest BCUT2D eigenvalue weighted by Gasteiger charge is -2.30. The molecule has 0 atom stereocenters. The molecule has 4 heterocycles. The molecule has 3 aromatic heterocycles. The van der Waals surface area contributed by atoms with E-state index in [1.807, 2.05) is 4.90 Å². The number of rotatable bonds is 4. The van der Waals surface area contributed by atoms with Crippen LogP contribution in [0.25, 0.3) is 16.6 Å². The molecule has 1 amide bonds. The summed E-state index contributed by atoms with van der Waals surface area (Å²) >= 11 is 6.10. The van der Waals surface area contributed by atoms with E-state index in [-0.39, 0.29) is 22.6 Å². The summed E-state index contributed by atoms with van der Waals surface area (Å²) in [6, 6.07) is 3.25. The minimum atomic E-state index is -1.03. The molecule has 33 heavy (non-hydrogen) atoms. The van der Waals surface area contributed by atoms with Gasteiger partial charge in [-0.3, -0.25) is 4.79 Å². The highest BCUT2D eigenvalue weighted by Crippen LogP contribution is 2.27. The van der Waals surface area contributed by atoms with Crippen molar-refractivity contribution in [2.45, 2.75) is 18.2 Å². The molecular weight excluding hydrogens is 459 g/mol. The Balaban J connectivity index is 1.33. The first-order valence-electron chi connectivity index (χ1n) is 10.1. The second kappa shape index (κ2) is 8.39. The summed E-state index contributed by atoms with van der Waals surface area (Å²) < 4.78 is 42.9. The van der Waals surface area contributed by atoms with Crippen molar-refractivity contribution in [2.75, 3.05) is 23.3 Å². The molecule has 1 aromatic carbocycles. The smallest absolute Gasteiger partial charge is 0.277 e. The number of alkyl halides is 1. The van der Waals surface area contributed by atoms with E-state index in [1.165, 1.54) is 29.3 Å². The Morgan fingerprint density at radius 3 is 2.64 bits per heavy atom. The average Bonchev–Trinajstić information content (AvgIpc) is 3.43. The first-order chi connectivity index (χ1) is 15.9. The minimum absolute atomic E-state index is 0.0550. The fraction of sp³-hybridized carbons (Fsp3) is 0.238. The van der Waals surface area contributed by atoms with E-state index >= 15 is 0 Å². The molecule has 2 N–H and O–H groups in total. The van der Waals surface area contributed by atoms with E-state index in [0.717, 1.165) is 25.0 Å². The first-order valence-corrected chi connectivity index (χ1v) is 10.6. The molecule has 0 saturated carbocycles. The van der Waals surface area contributed by atoms with Gasteiger partial charge in [0.05, 0.1) is 29.3 Å². The van der Waals surface area contributed by atoms with Gasteiger partial charge in [0.1, 0.15) is 0 Å². The Labute approximate surface area is 190 Å². The monoisotopic (exact) mass is 475 g/mol. The fourth-order valence-corrected chi connectivity index (χ4v) is 3.93. The van der Waals surface area contributed by atoms with Gasteiger partial charge < -0.3 is 15.2 Å². The van der Waals surface area contributed by atoms with Gasteiger partial charge in [0.2, 0.25) is 0 Å². The van der Waals surface area contributed by atoms with Crippen molar-refractivity contribution in [3.8, 4) is 5.69 Å². The zero-order valence-electron chi connectivity index (χ0n) is 17.0. The summed E-state index contributed by atoms with van der Waals surface area (Å²) in [4.78, 5) is 21.4. The first kappa shape index (κ1) is 21.3. The number of nitrogens with one attached hydrogen (secondary N) is 2. The van der Waals surface area contributed by atoms with Gasteiger partial charge in [0.25, 0.3) is 5.91 Å². The summed E-state index contributed by atoms with van der Waals surface area (Å²) in [6.45, 7) is 1.24. The van der Waals surface area contributed by atoms with Crippen LogP contribution in [0.2, 0.25) is 0 Å².